The van der Waals surface area contributed by atoms with Crippen molar-refractivity contribution in [3.8, 4) is 22.9 Å². The largest absolute Gasteiger partial charge is 0.497 e. The molecule has 1 fully saturated rings. The Bertz CT molecular complexity index is 2030. The Morgan fingerprint density at radius 3 is 2.67 bits per heavy atom. The average Bonchev–Trinajstić information content (AvgIpc) is 3.76. The molecule has 0 saturated carbocycles. The molecule has 12 nitrogen and oxygen atoms in total. The molecule has 1 aliphatic rings. The summed E-state index contributed by atoms with van der Waals surface area (Å²) in [5.74, 6) is 2.74. The lowest BCUT2D eigenvalue weighted by Gasteiger charge is -2.29. The van der Waals surface area contributed by atoms with E-state index in [1.807, 2.05) is 89.0 Å². The van der Waals surface area contributed by atoms with Gasteiger partial charge in [-0.3, -0.25) is 14.4 Å². The van der Waals surface area contributed by atoms with Crippen molar-refractivity contribution < 1.29 is 14.3 Å². The molecule has 7 rings (SSSR count). The first-order chi connectivity index (χ1) is 22.4. The number of methoxy groups -OCH3 is 2. The van der Waals surface area contributed by atoms with Crippen molar-refractivity contribution in [2.75, 3.05) is 33.9 Å². The van der Waals surface area contributed by atoms with E-state index in [1.54, 1.807) is 14.2 Å². The molecule has 0 spiro atoms. The summed E-state index contributed by atoms with van der Waals surface area (Å²) in [6.45, 7) is 4.84. The van der Waals surface area contributed by atoms with Gasteiger partial charge in [0.1, 0.15) is 23.9 Å². The van der Waals surface area contributed by atoms with E-state index in [4.69, 9.17) is 24.4 Å². The van der Waals surface area contributed by atoms with Crippen LogP contribution in [0.3, 0.4) is 0 Å². The maximum atomic E-state index is 14.3. The summed E-state index contributed by atoms with van der Waals surface area (Å²) in [6.07, 6.45) is 4.47. The van der Waals surface area contributed by atoms with Gasteiger partial charge in [-0.25, -0.2) is 15.0 Å². The number of carbonyl (C=O) groups is 1. The van der Waals surface area contributed by atoms with Crippen LogP contribution < -0.4 is 9.47 Å². The summed E-state index contributed by atoms with van der Waals surface area (Å²) < 4.78 is 14.9. The number of nitrogens with one attached hydrogen (secondary N) is 1. The summed E-state index contributed by atoms with van der Waals surface area (Å²) in [7, 11) is 5.19. The molecule has 2 aromatic carbocycles. The minimum Gasteiger partial charge on any atom is -0.497 e. The van der Waals surface area contributed by atoms with Crippen molar-refractivity contribution in [3.63, 3.8) is 0 Å². The fourth-order valence-corrected chi connectivity index (χ4v) is 6.36. The highest BCUT2D eigenvalue weighted by molar-refractivity contribution is 5.85. The molecular formula is C34H37N9O3. The highest BCUT2D eigenvalue weighted by atomic mass is 16.5. The van der Waals surface area contributed by atoms with Gasteiger partial charge in [-0.1, -0.05) is 18.2 Å². The molecule has 1 unspecified atom stereocenters. The molecule has 12 heteroatoms. The van der Waals surface area contributed by atoms with Gasteiger partial charge in [0.2, 0.25) is 11.8 Å². The zero-order valence-corrected chi connectivity index (χ0v) is 26.5. The molecule has 1 aliphatic heterocycles. The van der Waals surface area contributed by atoms with Crippen LogP contribution in [-0.2, 0) is 24.9 Å². The highest BCUT2D eigenvalue weighted by Crippen LogP contribution is 2.33. The number of aromatic amines is 1. The topological polar surface area (TPSA) is 119 Å². The zero-order chi connectivity index (χ0) is 31.8. The molecule has 5 heterocycles. The third kappa shape index (κ3) is 5.67. The number of aromatic nitrogens is 7. The molecule has 0 bridgehead atoms. The van der Waals surface area contributed by atoms with Crippen molar-refractivity contribution in [1.82, 2.24) is 44.1 Å². The molecule has 46 heavy (non-hydrogen) atoms. The smallest absolute Gasteiger partial charge is 0.243 e. The van der Waals surface area contributed by atoms with E-state index in [1.165, 1.54) is 0 Å². The Kier molecular flexibility index (Phi) is 7.87. The first-order valence-corrected chi connectivity index (χ1v) is 15.4. The number of nitrogens with zero attached hydrogens (tertiary/aromatic N) is 8. The van der Waals surface area contributed by atoms with Crippen LogP contribution in [0.5, 0.6) is 11.6 Å². The van der Waals surface area contributed by atoms with E-state index in [-0.39, 0.29) is 18.5 Å². The van der Waals surface area contributed by atoms with Crippen LogP contribution >= 0.6 is 0 Å². The standard InChI is InChI=1S/C34H37N9O3/c1-22-36-28-10-9-25(45-3)18-31(28)43(22)21-32(44)42-16-15-41(20-24-11-13-40(2)39-24)14-12-30(42)33-35-19-29(37-33)26-17-23-7-5-6-8-27(23)38-34(26)46-4/h5-11,13,17-19,30H,12,14-16,20-21H2,1-4H3,(H,35,37). The normalized spacial score (nSPS) is 15.8. The van der Waals surface area contributed by atoms with Crippen LogP contribution in [-0.4, -0.2) is 83.8 Å². The Balaban J connectivity index is 1.22. The van der Waals surface area contributed by atoms with Gasteiger partial charge >= 0.3 is 0 Å². The number of pyridine rings is 1. The van der Waals surface area contributed by atoms with E-state index in [9.17, 15) is 4.79 Å². The molecule has 0 radical (unpaired) electrons. The first kappa shape index (κ1) is 29.5. The average molecular weight is 620 g/mol. The van der Waals surface area contributed by atoms with Gasteiger partial charge in [0.05, 0.1) is 60.0 Å². The number of hydrogen-bond acceptors (Lipinski definition) is 8. The Hall–Kier alpha value is -5.23. The van der Waals surface area contributed by atoms with Crippen LogP contribution in [0.4, 0.5) is 0 Å². The Morgan fingerprint density at radius 1 is 1.00 bits per heavy atom. The number of benzene rings is 2. The molecule has 236 valence electrons. The maximum absolute atomic E-state index is 14.3. The number of aryl methyl sites for hydroxylation is 2. The minimum absolute atomic E-state index is 0.00203. The van der Waals surface area contributed by atoms with Crippen LogP contribution in [0, 0.1) is 6.92 Å². The summed E-state index contributed by atoms with van der Waals surface area (Å²) >= 11 is 0. The third-order valence-corrected chi connectivity index (χ3v) is 8.75. The summed E-state index contributed by atoms with van der Waals surface area (Å²) in [6, 6.07) is 17.5. The van der Waals surface area contributed by atoms with E-state index >= 15 is 0 Å². The highest BCUT2D eigenvalue weighted by Gasteiger charge is 2.32. The van der Waals surface area contributed by atoms with Gasteiger partial charge in [-0.15, -0.1) is 0 Å². The number of para-hydroxylation sites is 1. The number of rotatable bonds is 8. The van der Waals surface area contributed by atoms with Crippen molar-refractivity contribution in [3.05, 3.63) is 84.3 Å². The predicted molar refractivity (Wildman–Crippen MR) is 174 cm³/mol. The van der Waals surface area contributed by atoms with Gasteiger partial charge in [0, 0.05) is 50.9 Å². The number of ether oxygens (including phenoxy) is 2. The van der Waals surface area contributed by atoms with E-state index in [2.05, 4.69) is 21.0 Å². The van der Waals surface area contributed by atoms with E-state index in [0.717, 1.165) is 62.8 Å². The van der Waals surface area contributed by atoms with Crippen LogP contribution in [0.1, 0.15) is 29.8 Å². The lowest BCUT2D eigenvalue weighted by atomic mass is 10.1. The molecule has 1 amide bonds. The molecule has 4 aromatic heterocycles. The van der Waals surface area contributed by atoms with E-state index in [0.29, 0.717) is 31.9 Å². The molecule has 1 N–H and O–H groups in total. The van der Waals surface area contributed by atoms with E-state index < -0.39 is 0 Å². The SMILES string of the molecule is COc1ccc2nc(C)n(CC(=O)N3CCN(Cc4ccn(C)n4)CCC3c3ncc(-c4cc5ccccc5nc4OC)[nH]3)c2c1. The Labute approximate surface area is 266 Å². The summed E-state index contributed by atoms with van der Waals surface area (Å²) in [5.41, 5.74) is 5.16. The number of fused-ring (bicyclic) bond motifs is 2. The number of hydrogen-bond donors (Lipinski definition) is 1. The summed E-state index contributed by atoms with van der Waals surface area (Å²) in [4.78, 5) is 36.4. The van der Waals surface area contributed by atoms with Gasteiger partial charge in [0.25, 0.3) is 0 Å². The Morgan fingerprint density at radius 2 is 1.87 bits per heavy atom. The van der Waals surface area contributed by atoms with Gasteiger partial charge < -0.3 is 23.9 Å². The van der Waals surface area contributed by atoms with Gasteiger partial charge in [-0.05, 0) is 43.7 Å². The van der Waals surface area contributed by atoms with Gasteiger partial charge in [0.15, 0.2) is 0 Å². The fraction of sp³-hybridized carbons (Fsp3) is 0.324. The molecule has 6 aromatic rings. The summed E-state index contributed by atoms with van der Waals surface area (Å²) in [5, 5.41) is 5.59. The van der Waals surface area contributed by atoms with Crippen molar-refractivity contribution in [2.24, 2.45) is 7.05 Å². The fourth-order valence-electron chi connectivity index (χ4n) is 6.36. The monoisotopic (exact) mass is 619 g/mol. The van der Waals surface area contributed by atoms with Crippen molar-refractivity contribution in [1.29, 1.82) is 0 Å². The number of imidazole rings is 2. The first-order valence-electron chi connectivity index (χ1n) is 15.4. The van der Waals surface area contributed by atoms with Crippen LogP contribution in [0.25, 0.3) is 33.2 Å². The number of H-pyrrole nitrogens is 1. The second kappa shape index (κ2) is 12.3. The van der Waals surface area contributed by atoms with Crippen LogP contribution in [0.2, 0.25) is 0 Å². The molecule has 0 aliphatic carbocycles. The van der Waals surface area contributed by atoms with Gasteiger partial charge in [-0.2, -0.15) is 5.10 Å². The number of carbonyl (C=O) groups excluding carboxylic acids is 1. The minimum atomic E-state index is -0.265. The zero-order valence-electron chi connectivity index (χ0n) is 26.5. The van der Waals surface area contributed by atoms with Crippen molar-refractivity contribution >= 4 is 27.8 Å². The third-order valence-electron chi connectivity index (χ3n) is 8.75. The van der Waals surface area contributed by atoms with Crippen LogP contribution in [0.15, 0.2) is 67.0 Å². The molecule has 1 atom stereocenters. The lowest BCUT2D eigenvalue weighted by Crippen LogP contribution is -2.39. The molecule has 1 saturated heterocycles. The predicted octanol–water partition coefficient (Wildman–Crippen LogP) is 4.51. The second-order valence-corrected chi connectivity index (χ2v) is 11.7. The molecular weight excluding hydrogens is 582 g/mol. The lowest BCUT2D eigenvalue weighted by molar-refractivity contribution is -0.134. The quantitative estimate of drug-likeness (QED) is 0.264. The second-order valence-electron chi connectivity index (χ2n) is 11.7. The number of amides is 1. The van der Waals surface area contributed by atoms with Crippen molar-refractivity contribution in [2.45, 2.75) is 32.5 Å². The maximum Gasteiger partial charge on any atom is 0.243 e.